The van der Waals surface area contributed by atoms with Gasteiger partial charge in [-0.2, -0.15) is 0 Å². The Labute approximate surface area is 195 Å². The number of rotatable bonds is 17. The summed E-state index contributed by atoms with van der Waals surface area (Å²) in [5.74, 6) is 1.25. The third-order valence-electron chi connectivity index (χ3n) is 6.76. The van der Waals surface area contributed by atoms with Crippen LogP contribution in [0.2, 0.25) is 0 Å². The third-order valence-corrected chi connectivity index (χ3v) is 6.76. The minimum absolute atomic E-state index is 0.330. The van der Waals surface area contributed by atoms with Crippen LogP contribution in [0.4, 0.5) is 0 Å². The molecule has 0 amide bonds. The molecule has 0 aromatic heterocycles. The van der Waals surface area contributed by atoms with E-state index >= 15 is 0 Å². The summed E-state index contributed by atoms with van der Waals surface area (Å²) in [6.45, 7) is 10.6. The average Bonchev–Trinajstić information content (AvgIpc) is 2.83. The van der Waals surface area contributed by atoms with Gasteiger partial charge in [-0.05, 0) is 89.0 Å². The molecule has 0 bridgehead atoms. The molecule has 1 aliphatic heterocycles. The van der Waals surface area contributed by atoms with E-state index < -0.39 is 0 Å². The van der Waals surface area contributed by atoms with Crippen molar-refractivity contribution in [2.45, 2.75) is 89.2 Å². The number of carbonyl (C=O) groups excluding carboxylic acids is 1. The van der Waals surface area contributed by atoms with Crippen molar-refractivity contribution < 1.29 is 24.0 Å². The second-order valence-corrected chi connectivity index (χ2v) is 9.19. The van der Waals surface area contributed by atoms with Crippen LogP contribution in [0.5, 0.6) is 0 Å². The second kappa shape index (κ2) is 17.3. The molecule has 2 fully saturated rings. The zero-order chi connectivity index (χ0) is 22.9. The number of esters is 1. The minimum Gasteiger partial charge on any atom is -0.463 e. The fourth-order valence-corrected chi connectivity index (χ4v) is 4.87. The van der Waals surface area contributed by atoms with Gasteiger partial charge in [-0.25, -0.2) is 14.6 Å². The monoisotopic (exact) mass is 451 g/mol. The van der Waals surface area contributed by atoms with Gasteiger partial charge in [0.05, 0.1) is 19.3 Å². The molecule has 32 heavy (non-hydrogen) atoms. The van der Waals surface area contributed by atoms with Crippen molar-refractivity contribution >= 4 is 5.97 Å². The number of nitrogens with one attached hydrogen (secondary N) is 1. The maximum absolute atomic E-state index is 11.0. The molecule has 2 atom stereocenters. The number of hydrogen-bond acceptors (Lipinski definition) is 6. The fourth-order valence-electron chi connectivity index (χ4n) is 4.87. The lowest BCUT2D eigenvalue weighted by atomic mass is 9.78. The Kier molecular flexibility index (Phi) is 14.6. The first-order valence-electron chi connectivity index (χ1n) is 12.7. The predicted molar refractivity (Wildman–Crippen MR) is 127 cm³/mol. The van der Waals surface area contributed by atoms with Crippen LogP contribution in [0, 0.1) is 11.8 Å². The summed E-state index contributed by atoms with van der Waals surface area (Å²) < 4.78 is 11.1. The van der Waals surface area contributed by atoms with Crippen LogP contribution in [0.25, 0.3) is 0 Å². The molecule has 0 aromatic rings. The highest BCUT2D eigenvalue weighted by Gasteiger charge is 2.30. The highest BCUT2D eigenvalue weighted by atomic mass is 17.2. The van der Waals surface area contributed by atoms with Crippen LogP contribution in [0.1, 0.15) is 77.0 Å². The normalized spacial score (nSPS) is 25.9. The summed E-state index contributed by atoms with van der Waals surface area (Å²) in [5.41, 5.74) is 0. The quantitative estimate of drug-likeness (QED) is 0.0825. The summed E-state index contributed by atoms with van der Waals surface area (Å²) in [4.78, 5) is 21.1. The summed E-state index contributed by atoms with van der Waals surface area (Å²) in [5, 5.41) is 3.84. The molecule has 1 heterocycles. The molecule has 2 unspecified atom stereocenters. The van der Waals surface area contributed by atoms with Gasteiger partial charge in [0.15, 0.2) is 0 Å². The SMILES string of the molecule is C=CCOOCCCC1CCC(C2CCC(OCCCCCCOC(=O)C=C)CC2)NC1. The summed E-state index contributed by atoms with van der Waals surface area (Å²) in [7, 11) is 0. The van der Waals surface area contributed by atoms with Gasteiger partial charge in [-0.15, -0.1) is 6.58 Å². The largest absolute Gasteiger partial charge is 0.463 e. The topological polar surface area (TPSA) is 66.0 Å². The molecule has 0 spiro atoms. The van der Waals surface area contributed by atoms with E-state index in [9.17, 15) is 4.79 Å². The van der Waals surface area contributed by atoms with Crippen LogP contribution in [-0.2, 0) is 24.0 Å². The van der Waals surface area contributed by atoms with E-state index in [0.717, 1.165) is 57.1 Å². The van der Waals surface area contributed by atoms with Crippen LogP contribution in [0.3, 0.4) is 0 Å². The van der Waals surface area contributed by atoms with Gasteiger partial charge >= 0.3 is 5.97 Å². The number of ether oxygens (including phenoxy) is 2. The summed E-state index contributed by atoms with van der Waals surface area (Å²) >= 11 is 0. The van der Waals surface area contributed by atoms with Crippen molar-refractivity contribution in [1.82, 2.24) is 5.32 Å². The zero-order valence-electron chi connectivity index (χ0n) is 19.9. The first-order chi connectivity index (χ1) is 15.7. The van der Waals surface area contributed by atoms with E-state index in [2.05, 4.69) is 18.5 Å². The van der Waals surface area contributed by atoms with Crippen LogP contribution in [-0.4, -0.2) is 51.1 Å². The van der Waals surface area contributed by atoms with Crippen molar-refractivity contribution in [3.63, 3.8) is 0 Å². The van der Waals surface area contributed by atoms with Gasteiger partial charge in [0, 0.05) is 18.7 Å². The molecule has 1 N–H and O–H groups in total. The van der Waals surface area contributed by atoms with Crippen LogP contribution >= 0.6 is 0 Å². The number of unbranched alkanes of at least 4 members (excludes halogenated alkanes) is 3. The van der Waals surface area contributed by atoms with Crippen molar-refractivity contribution in [3.8, 4) is 0 Å². The molecule has 184 valence electrons. The third kappa shape index (κ3) is 11.6. The summed E-state index contributed by atoms with van der Waals surface area (Å²) in [6.07, 6.45) is 17.4. The predicted octanol–water partition coefficient (Wildman–Crippen LogP) is 5.13. The molecule has 6 heteroatoms. The number of hydrogen-bond donors (Lipinski definition) is 1. The molecule has 2 aliphatic rings. The van der Waals surface area contributed by atoms with Gasteiger partial charge in [-0.1, -0.05) is 19.1 Å². The Morgan fingerprint density at radius 1 is 0.875 bits per heavy atom. The van der Waals surface area contributed by atoms with Gasteiger partial charge in [0.25, 0.3) is 0 Å². The molecular formula is C26H45NO5. The van der Waals surface area contributed by atoms with E-state index in [4.69, 9.17) is 19.2 Å². The van der Waals surface area contributed by atoms with E-state index in [1.165, 1.54) is 51.0 Å². The molecule has 0 aromatic carbocycles. The Bertz CT molecular complexity index is 510. The maximum atomic E-state index is 11.0. The van der Waals surface area contributed by atoms with Crippen molar-refractivity contribution in [2.75, 3.05) is 33.0 Å². The second-order valence-electron chi connectivity index (χ2n) is 9.19. The van der Waals surface area contributed by atoms with E-state index in [1.54, 1.807) is 6.08 Å². The van der Waals surface area contributed by atoms with E-state index in [1.807, 2.05) is 0 Å². The Morgan fingerprint density at radius 3 is 2.34 bits per heavy atom. The van der Waals surface area contributed by atoms with Gasteiger partial charge in [0.2, 0.25) is 0 Å². The minimum atomic E-state index is -0.330. The lowest BCUT2D eigenvalue weighted by Crippen LogP contribution is -2.45. The molecular weight excluding hydrogens is 406 g/mol. The zero-order valence-corrected chi connectivity index (χ0v) is 19.9. The average molecular weight is 452 g/mol. The molecule has 1 aliphatic carbocycles. The molecule has 2 rings (SSSR count). The molecule has 1 saturated carbocycles. The molecule has 1 saturated heterocycles. The van der Waals surface area contributed by atoms with E-state index in [0.29, 0.717) is 32.0 Å². The van der Waals surface area contributed by atoms with Crippen molar-refractivity contribution in [2.24, 2.45) is 11.8 Å². The van der Waals surface area contributed by atoms with Gasteiger partial charge in [-0.3, -0.25) is 0 Å². The standard InChI is InChI=1S/C26H45NO5/c1-3-17-31-32-20-9-10-22-11-16-25(27-21-22)23-12-14-24(15-13-23)29-18-7-5-6-8-19-30-26(28)4-2/h3-4,22-25,27H,1-2,5-21H2. The first kappa shape index (κ1) is 27.0. The molecule has 6 nitrogen and oxygen atoms in total. The molecule has 0 radical (unpaired) electrons. The Balaban J connectivity index is 1.43. The van der Waals surface area contributed by atoms with E-state index in [-0.39, 0.29) is 5.97 Å². The fraction of sp³-hybridized carbons (Fsp3) is 0.808. The summed E-state index contributed by atoms with van der Waals surface area (Å²) in [6, 6.07) is 0.689. The highest BCUT2D eigenvalue weighted by molar-refractivity contribution is 5.81. The van der Waals surface area contributed by atoms with Crippen molar-refractivity contribution in [3.05, 3.63) is 25.3 Å². The highest BCUT2D eigenvalue weighted by Crippen LogP contribution is 2.33. The smallest absolute Gasteiger partial charge is 0.330 e. The first-order valence-corrected chi connectivity index (χ1v) is 12.7. The Hall–Kier alpha value is -1.21. The van der Waals surface area contributed by atoms with Crippen molar-refractivity contribution in [1.29, 1.82) is 0 Å². The maximum Gasteiger partial charge on any atom is 0.330 e. The van der Waals surface area contributed by atoms with Crippen LogP contribution < -0.4 is 5.32 Å². The van der Waals surface area contributed by atoms with Gasteiger partial charge < -0.3 is 14.8 Å². The van der Waals surface area contributed by atoms with Gasteiger partial charge in [0.1, 0.15) is 6.61 Å². The van der Waals surface area contributed by atoms with Crippen LogP contribution in [0.15, 0.2) is 25.3 Å². The number of carbonyl (C=O) groups is 1. The lowest BCUT2D eigenvalue weighted by Gasteiger charge is -2.38. The number of piperidine rings is 1. The Morgan fingerprint density at radius 2 is 1.66 bits per heavy atom. The lowest BCUT2D eigenvalue weighted by molar-refractivity contribution is -0.286.